The van der Waals surface area contributed by atoms with Crippen LogP contribution in [0.2, 0.25) is 0 Å². The standard InChI is InChI=1S/C27H40/c1-23(2)13-9-14-24(3)15-10-16-25(4)17-11-18-26(5)19-12-22-27-20-7-6-8-21-27/h6-8,13,15,17,19-21H,9-12,14,16,18,22H2,1-5H3. The molecule has 0 unspecified atom stereocenters. The van der Waals surface area contributed by atoms with Crippen LogP contribution in [0.3, 0.4) is 0 Å². The van der Waals surface area contributed by atoms with Gasteiger partial charge in [0.2, 0.25) is 0 Å². The van der Waals surface area contributed by atoms with Crippen molar-refractivity contribution in [1.82, 2.24) is 0 Å². The monoisotopic (exact) mass is 364 g/mol. The first-order chi connectivity index (χ1) is 13.0. The van der Waals surface area contributed by atoms with Crippen LogP contribution >= 0.6 is 0 Å². The van der Waals surface area contributed by atoms with Gasteiger partial charge in [0.15, 0.2) is 0 Å². The molecule has 0 heterocycles. The van der Waals surface area contributed by atoms with E-state index < -0.39 is 0 Å². The molecule has 0 radical (unpaired) electrons. The Labute approximate surface area is 168 Å². The van der Waals surface area contributed by atoms with Crippen LogP contribution in [0.4, 0.5) is 0 Å². The van der Waals surface area contributed by atoms with Crippen LogP contribution in [0, 0.1) is 0 Å². The Morgan fingerprint density at radius 2 is 1.04 bits per heavy atom. The van der Waals surface area contributed by atoms with Crippen LogP contribution in [-0.4, -0.2) is 0 Å². The van der Waals surface area contributed by atoms with Crippen LogP contribution in [0.1, 0.15) is 85.1 Å². The van der Waals surface area contributed by atoms with Crippen molar-refractivity contribution in [2.24, 2.45) is 0 Å². The number of rotatable bonds is 12. The molecule has 1 aromatic carbocycles. The summed E-state index contributed by atoms with van der Waals surface area (Å²) in [6.45, 7) is 11.2. The summed E-state index contributed by atoms with van der Waals surface area (Å²) in [4.78, 5) is 0. The van der Waals surface area contributed by atoms with Gasteiger partial charge in [-0.3, -0.25) is 0 Å². The van der Waals surface area contributed by atoms with E-state index >= 15 is 0 Å². The molecule has 0 saturated heterocycles. The molecule has 0 bridgehead atoms. The molecule has 0 heteroatoms. The highest BCUT2D eigenvalue weighted by Crippen LogP contribution is 2.14. The van der Waals surface area contributed by atoms with E-state index in [1.54, 1.807) is 0 Å². The summed E-state index contributed by atoms with van der Waals surface area (Å²) in [5.74, 6) is 0. The zero-order valence-corrected chi connectivity index (χ0v) is 18.4. The highest BCUT2D eigenvalue weighted by atomic mass is 14.0. The van der Waals surface area contributed by atoms with Crippen LogP contribution in [0.25, 0.3) is 0 Å². The van der Waals surface area contributed by atoms with Gasteiger partial charge in [-0.1, -0.05) is 76.9 Å². The van der Waals surface area contributed by atoms with Gasteiger partial charge in [-0.15, -0.1) is 0 Å². The molecule has 1 rings (SSSR count). The van der Waals surface area contributed by atoms with Gasteiger partial charge in [-0.2, -0.15) is 0 Å². The first kappa shape index (κ1) is 23.2. The fourth-order valence-corrected chi connectivity index (χ4v) is 3.12. The maximum absolute atomic E-state index is 2.43. The fraction of sp³-hybridized carbons (Fsp3) is 0.481. The van der Waals surface area contributed by atoms with Crippen molar-refractivity contribution in [1.29, 1.82) is 0 Å². The summed E-state index contributed by atoms with van der Waals surface area (Å²) in [5.41, 5.74) is 7.43. The third-order valence-electron chi connectivity index (χ3n) is 4.92. The minimum absolute atomic E-state index is 1.15. The zero-order valence-electron chi connectivity index (χ0n) is 18.4. The second-order valence-electron chi connectivity index (χ2n) is 8.07. The largest absolute Gasteiger partial charge is 0.0856 e. The highest BCUT2D eigenvalue weighted by Gasteiger charge is 1.94. The molecule has 0 nitrogen and oxygen atoms in total. The predicted octanol–water partition coefficient (Wildman–Crippen LogP) is 8.76. The van der Waals surface area contributed by atoms with E-state index in [-0.39, 0.29) is 0 Å². The van der Waals surface area contributed by atoms with E-state index in [0.29, 0.717) is 0 Å². The van der Waals surface area contributed by atoms with Crippen LogP contribution in [0.15, 0.2) is 76.9 Å². The summed E-state index contributed by atoms with van der Waals surface area (Å²) in [7, 11) is 0. The van der Waals surface area contributed by atoms with Gasteiger partial charge in [0.25, 0.3) is 0 Å². The van der Waals surface area contributed by atoms with E-state index in [9.17, 15) is 0 Å². The molecule has 0 aliphatic rings. The van der Waals surface area contributed by atoms with E-state index in [4.69, 9.17) is 0 Å². The lowest BCUT2D eigenvalue weighted by Gasteiger charge is -2.03. The molecule has 27 heavy (non-hydrogen) atoms. The quantitative estimate of drug-likeness (QED) is 0.325. The third kappa shape index (κ3) is 13.1. The highest BCUT2D eigenvalue weighted by molar-refractivity contribution is 5.16. The van der Waals surface area contributed by atoms with Crippen molar-refractivity contribution in [3.8, 4) is 0 Å². The van der Waals surface area contributed by atoms with Gasteiger partial charge in [-0.05, 0) is 91.5 Å². The summed E-state index contributed by atoms with van der Waals surface area (Å²) in [5, 5.41) is 0. The van der Waals surface area contributed by atoms with Gasteiger partial charge in [-0.25, -0.2) is 0 Å². The molecule has 0 aliphatic carbocycles. The molecule has 148 valence electrons. The SMILES string of the molecule is CC(C)=CCCC(C)=CCCC(C)=CCCC(C)=CCCc1ccccc1. The van der Waals surface area contributed by atoms with Crippen molar-refractivity contribution < 1.29 is 0 Å². The minimum atomic E-state index is 1.15. The number of aryl methyl sites for hydroxylation is 1. The van der Waals surface area contributed by atoms with E-state index in [1.165, 1.54) is 66.4 Å². The van der Waals surface area contributed by atoms with E-state index in [1.807, 2.05) is 0 Å². The molecular weight excluding hydrogens is 324 g/mol. The molecule has 0 atom stereocenters. The lowest BCUT2D eigenvalue weighted by Crippen LogP contribution is -1.84. The average Bonchev–Trinajstić information content (AvgIpc) is 2.62. The maximum Gasteiger partial charge on any atom is -0.0244 e. The predicted molar refractivity (Wildman–Crippen MR) is 123 cm³/mol. The van der Waals surface area contributed by atoms with Crippen molar-refractivity contribution in [3.63, 3.8) is 0 Å². The average molecular weight is 365 g/mol. The van der Waals surface area contributed by atoms with Crippen LogP contribution in [0.5, 0.6) is 0 Å². The lowest BCUT2D eigenvalue weighted by atomic mass is 10.0. The topological polar surface area (TPSA) is 0 Å². The molecule has 0 spiro atoms. The van der Waals surface area contributed by atoms with E-state index in [2.05, 4.69) is 89.3 Å². The second kappa shape index (κ2) is 14.3. The number of hydrogen-bond acceptors (Lipinski definition) is 0. The van der Waals surface area contributed by atoms with Crippen molar-refractivity contribution in [2.75, 3.05) is 0 Å². The van der Waals surface area contributed by atoms with Crippen molar-refractivity contribution >= 4 is 0 Å². The molecule has 1 aromatic rings. The second-order valence-corrected chi connectivity index (χ2v) is 8.07. The van der Waals surface area contributed by atoms with Crippen LogP contribution < -0.4 is 0 Å². The molecular formula is C27H40. The Kier molecular flexibility index (Phi) is 12.3. The van der Waals surface area contributed by atoms with Gasteiger partial charge in [0, 0.05) is 0 Å². The number of hydrogen-bond donors (Lipinski definition) is 0. The smallest absolute Gasteiger partial charge is 0.0244 e. The van der Waals surface area contributed by atoms with Crippen molar-refractivity contribution in [3.05, 3.63) is 82.5 Å². The first-order valence-corrected chi connectivity index (χ1v) is 10.6. The van der Waals surface area contributed by atoms with Gasteiger partial charge >= 0.3 is 0 Å². The Morgan fingerprint density at radius 3 is 1.52 bits per heavy atom. The van der Waals surface area contributed by atoms with Gasteiger partial charge in [0.1, 0.15) is 0 Å². The number of benzene rings is 1. The molecule has 0 fully saturated rings. The van der Waals surface area contributed by atoms with Gasteiger partial charge < -0.3 is 0 Å². The molecule has 0 aromatic heterocycles. The van der Waals surface area contributed by atoms with Crippen molar-refractivity contribution in [2.45, 2.75) is 86.0 Å². The van der Waals surface area contributed by atoms with Gasteiger partial charge in [0.05, 0.1) is 0 Å². The zero-order chi connectivity index (χ0) is 19.9. The lowest BCUT2D eigenvalue weighted by molar-refractivity contribution is 0.893. The summed E-state index contributed by atoms with van der Waals surface area (Å²) >= 11 is 0. The maximum atomic E-state index is 2.43. The normalized spacial score (nSPS) is 13.0. The number of allylic oxidation sites excluding steroid dienone is 8. The molecule has 0 N–H and O–H groups in total. The third-order valence-corrected chi connectivity index (χ3v) is 4.92. The molecule has 0 saturated carbocycles. The summed E-state index contributed by atoms with van der Waals surface area (Å²) in [6.07, 6.45) is 19.0. The first-order valence-electron chi connectivity index (χ1n) is 10.6. The molecule has 0 amide bonds. The Bertz CT molecular complexity index is 634. The van der Waals surface area contributed by atoms with E-state index in [0.717, 1.165) is 12.8 Å². The Hall–Kier alpha value is -1.82. The Balaban J connectivity index is 2.21. The minimum Gasteiger partial charge on any atom is -0.0856 e. The van der Waals surface area contributed by atoms with Crippen LogP contribution in [-0.2, 0) is 6.42 Å². The summed E-state index contributed by atoms with van der Waals surface area (Å²) in [6, 6.07) is 10.8. The fourth-order valence-electron chi connectivity index (χ4n) is 3.12. The Morgan fingerprint density at radius 1 is 0.593 bits per heavy atom. The molecule has 0 aliphatic heterocycles. The summed E-state index contributed by atoms with van der Waals surface area (Å²) < 4.78 is 0.